The van der Waals surface area contributed by atoms with Gasteiger partial charge < -0.3 is 14.4 Å². The molecule has 5 heterocycles. The predicted molar refractivity (Wildman–Crippen MR) is 148 cm³/mol. The molecule has 38 heavy (non-hydrogen) atoms. The average molecular weight is 518 g/mol. The standard InChI is InChI=1S/C31H43N5O2/c1-20(2)31(38)34-16-24(28(18-34)23-8-6-5-7-9-23)17-35-25-10-11-26(35)15-27(14-25)36-21(3)32-29-19-33(22(4)37)13-12-30(29)36/h5-9,20,24-28H,10-19H2,1-4H3/t24-,25+,26+,28-/m1/s1. The Morgan fingerprint density at radius 1 is 1.00 bits per heavy atom. The molecule has 2 amide bonds. The molecule has 3 fully saturated rings. The molecule has 204 valence electrons. The van der Waals surface area contributed by atoms with Crippen LogP contribution in [-0.2, 0) is 22.6 Å². The number of fused-ring (bicyclic) bond motifs is 3. The van der Waals surface area contributed by atoms with E-state index >= 15 is 0 Å². The normalized spacial score (nSPS) is 29.2. The zero-order valence-corrected chi connectivity index (χ0v) is 23.5. The molecule has 6 rings (SSSR count). The Hall–Kier alpha value is -2.67. The molecule has 1 aromatic carbocycles. The Bertz CT molecular complexity index is 1180. The average Bonchev–Trinajstić information content (AvgIpc) is 3.54. The van der Waals surface area contributed by atoms with Crippen molar-refractivity contribution in [2.24, 2.45) is 11.8 Å². The monoisotopic (exact) mass is 517 g/mol. The molecule has 0 saturated carbocycles. The first-order valence-electron chi connectivity index (χ1n) is 14.7. The van der Waals surface area contributed by atoms with Crippen LogP contribution in [0.3, 0.4) is 0 Å². The van der Waals surface area contributed by atoms with E-state index in [9.17, 15) is 9.59 Å². The number of likely N-dealkylation sites (tertiary alicyclic amines) is 1. The fourth-order valence-electron chi connectivity index (χ4n) is 8.00. The van der Waals surface area contributed by atoms with Crippen LogP contribution in [-0.4, -0.2) is 74.3 Å². The molecule has 0 aliphatic carbocycles. The van der Waals surface area contributed by atoms with Gasteiger partial charge in [-0.05, 0) is 44.1 Å². The lowest BCUT2D eigenvalue weighted by atomic mass is 9.87. The molecule has 4 aliphatic heterocycles. The first kappa shape index (κ1) is 25.6. The highest BCUT2D eigenvalue weighted by Crippen LogP contribution is 2.44. The molecule has 2 bridgehead atoms. The number of amides is 2. The molecule has 0 unspecified atom stereocenters. The Kier molecular flexibility index (Phi) is 6.83. The summed E-state index contributed by atoms with van der Waals surface area (Å²) in [4.78, 5) is 36.7. The lowest BCUT2D eigenvalue weighted by Gasteiger charge is -2.42. The van der Waals surface area contributed by atoms with Gasteiger partial charge >= 0.3 is 0 Å². The minimum absolute atomic E-state index is 0.0453. The van der Waals surface area contributed by atoms with E-state index in [1.807, 2.05) is 18.7 Å². The van der Waals surface area contributed by atoms with E-state index in [1.54, 1.807) is 6.92 Å². The number of nitrogens with zero attached hydrogens (tertiary/aromatic N) is 5. The van der Waals surface area contributed by atoms with Gasteiger partial charge in [-0.25, -0.2) is 4.98 Å². The molecular formula is C31H43N5O2. The van der Waals surface area contributed by atoms with E-state index in [2.05, 4.69) is 51.6 Å². The van der Waals surface area contributed by atoms with Crippen LogP contribution < -0.4 is 0 Å². The minimum Gasteiger partial charge on any atom is -0.342 e. The molecule has 0 N–H and O–H groups in total. The van der Waals surface area contributed by atoms with Crippen molar-refractivity contribution in [1.29, 1.82) is 0 Å². The third kappa shape index (κ3) is 4.57. The number of hydrogen-bond acceptors (Lipinski definition) is 4. The number of aryl methyl sites for hydroxylation is 1. The van der Waals surface area contributed by atoms with E-state index < -0.39 is 0 Å². The summed E-state index contributed by atoms with van der Waals surface area (Å²) >= 11 is 0. The van der Waals surface area contributed by atoms with Crippen LogP contribution in [0, 0.1) is 18.8 Å². The molecule has 4 aliphatic rings. The van der Waals surface area contributed by atoms with E-state index in [0.29, 0.717) is 42.4 Å². The maximum Gasteiger partial charge on any atom is 0.225 e. The lowest BCUT2D eigenvalue weighted by Crippen LogP contribution is -2.47. The van der Waals surface area contributed by atoms with E-state index in [4.69, 9.17) is 4.98 Å². The maximum absolute atomic E-state index is 13.0. The minimum atomic E-state index is 0.0453. The summed E-state index contributed by atoms with van der Waals surface area (Å²) in [5.74, 6) is 2.47. The van der Waals surface area contributed by atoms with Crippen molar-refractivity contribution in [1.82, 2.24) is 24.3 Å². The summed E-state index contributed by atoms with van der Waals surface area (Å²) in [6.45, 7) is 12.1. The Labute approximate surface area is 227 Å². The lowest BCUT2D eigenvalue weighted by molar-refractivity contribution is -0.133. The van der Waals surface area contributed by atoms with Crippen LogP contribution in [0.1, 0.15) is 81.2 Å². The van der Waals surface area contributed by atoms with Gasteiger partial charge in [-0.3, -0.25) is 14.5 Å². The number of aromatic nitrogens is 2. The zero-order chi connectivity index (χ0) is 26.6. The quantitative estimate of drug-likeness (QED) is 0.598. The molecule has 4 atom stereocenters. The van der Waals surface area contributed by atoms with Gasteiger partial charge in [0.1, 0.15) is 5.82 Å². The molecule has 0 radical (unpaired) electrons. The van der Waals surface area contributed by atoms with Gasteiger partial charge in [0.15, 0.2) is 0 Å². The van der Waals surface area contributed by atoms with Gasteiger partial charge in [0.2, 0.25) is 11.8 Å². The summed E-state index contributed by atoms with van der Waals surface area (Å²) in [7, 11) is 0. The maximum atomic E-state index is 13.0. The van der Waals surface area contributed by atoms with Crippen LogP contribution in [0.4, 0.5) is 0 Å². The number of rotatable bonds is 5. The molecule has 0 spiro atoms. The van der Waals surface area contributed by atoms with Crippen LogP contribution in [0.15, 0.2) is 30.3 Å². The van der Waals surface area contributed by atoms with E-state index in [-0.39, 0.29) is 11.8 Å². The van der Waals surface area contributed by atoms with Crippen molar-refractivity contribution in [3.8, 4) is 0 Å². The third-order valence-electron chi connectivity index (χ3n) is 9.82. The number of benzene rings is 1. The molecule has 7 nitrogen and oxygen atoms in total. The zero-order valence-electron chi connectivity index (χ0n) is 23.5. The van der Waals surface area contributed by atoms with Crippen molar-refractivity contribution in [3.63, 3.8) is 0 Å². The van der Waals surface area contributed by atoms with E-state index in [1.165, 1.54) is 36.9 Å². The van der Waals surface area contributed by atoms with Gasteiger partial charge in [0.25, 0.3) is 0 Å². The highest BCUT2D eigenvalue weighted by Gasteiger charge is 2.46. The molecule has 2 aromatic rings. The van der Waals surface area contributed by atoms with Crippen molar-refractivity contribution in [2.75, 3.05) is 26.2 Å². The van der Waals surface area contributed by atoms with Gasteiger partial charge in [-0.2, -0.15) is 0 Å². The summed E-state index contributed by atoms with van der Waals surface area (Å²) in [6, 6.07) is 12.6. The molecule has 7 heteroatoms. The summed E-state index contributed by atoms with van der Waals surface area (Å²) in [5, 5.41) is 0. The molecule has 3 saturated heterocycles. The fraction of sp³-hybridized carbons (Fsp3) is 0.645. The SMILES string of the molecule is CC(=O)N1CCc2c(nc(C)n2C2C[C@@H]3CC[C@@H](C2)N3C[C@H]2CN(C(=O)C(C)C)C[C@@H]2c2ccccc2)C1. The second-order valence-electron chi connectivity index (χ2n) is 12.5. The molecular weight excluding hydrogens is 474 g/mol. The van der Waals surface area contributed by atoms with E-state index in [0.717, 1.165) is 44.1 Å². The van der Waals surface area contributed by atoms with Crippen molar-refractivity contribution in [3.05, 3.63) is 53.1 Å². The predicted octanol–water partition coefficient (Wildman–Crippen LogP) is 4.16. The topological polar surface area (TPSA) is 61.7 Å². The summed E-state index contributed by atoms with van der Waals surface area (Å²) < 4.78 is 2.54. The number of carbonyl (C=O) groups excluding carboxylic acids is 2. The van der Waals surface area contributed by atoms with Crippen LogP contribution in [0.25, 0.3) is 0 Å². The number of piperidine rings is 1. The first-order chi connectivity index (χ1) is 18.3. The fourth-order valence-corrected chi connectivity index (χ4v) is 8.00. The third-order valence-corrected chi connectivity index (χ3v) is 9.82. The second kappa shape index (κ2) is 10.1. The summed E-state index contributed by atoms with van der Waals surface area (Å²) in [6.07, 6.45) is 5.80. The highest BCUT2D eigenvalue weighted by molar-refractivity contribution is 5.78. The number of carbonyl (C=O) groups is 2. The second-order valence-corrected chi connectivity index (χ2v) is 12.5. The highest BCUT2D eigenvalue weighted by atomic mass is 16.2. The Morgan fingerprint density at radius 3 is 2.37 bits per heavy atom. The van der Waals surface area contributed by atoms with Gasteiger partial charge in [-0.1, -0.05) is 44.2 Å². The molecule has 1 aromatic heterocycles. The number of imidazole rings is 1. The van der Waals surface area contributed by atoms with Crippen LogP contribution in [0.5, 0.6) is 0 Å². The van der Waals surface area contributed by atoms with Gasteiger partial charge in [0.05, 0.1) is 12.2 Å². The van der Waals surface area contributed by atoms with Crippen molar-refractivity contribution in [2.45, 2.75) is 90.4 Å². The largest absolute Gasteiger partial charge is 0.342 e. The number of hydrogen-bond donors (Lipinski definition) is 0. The van der Waals surface area contributed by atoms with Crippen molar-refractivity contribution < 1.29 is 9.59 Å². The Balaban J connectivity index is 1.19. The first-order valence-corrected chi connectivity index (χ1v) is 14.7. The smallest absolute Gasteiger partial charge is 0.225 e. The van der Waals surface area contributed by atoms with Gasteiger partial charge in [-0.15, -0.1) is 0 Å². The summed E-state index contributed by atoms with van der Waals surface area (Å²) in [5.41, 5.74) is 3.84. The van der Waals surface area contributed by atoms with Crippen LogP contribution in [0.2, 0.25) is 0 Å². The van der Waals surface area contributed by atoms with Crippen molar-refractivity contribution >= 4 is 11.8 Å². The Morgan fingerprint density at radius 2 is 1.71 bits per heavy atom. The van der Waals surface area contributed by atoms with Gasteiger partial charge in [0, 0.05) is 75.2 Å². The van der Waals surface area contributed by atoms with Crippen LogP contribution >= 0.6 is 0 Å².